The molecule has 0 radical (unpaired) electrons. The summed E-state index contributed by atoms with van der Waals surface area (Å²) in [4.78, 5) is -0.426. The third kappa shape index (κ3) is 1.55. The first kappa shape index (κ1) is 8.99. The van der Waals surface area contributed by atoms with Gasteiger partial charge in [-0.1, -0.05) is 12.1 Å². The quantitative estimate of drug-likeness (QED) is 0.534. The van der Waals surface area contributed by atoms with Gasteiger partial charge < -0.3 is 5.73 Å². The van der Waals surface area contributed by atoms with Gasteiger partial charge >= 0.3 is 10.2 Å². The summed E-state index contributed by atoms with van der Waals surface area (Å²) in [6.45, 7) is 1.49. The Kier molecular flexibility index (Phi) is 2.06. The monoisotopic (exact) mass is 189 g/mol. The maximum Gasteiger partial charge on any atom is 0.334 e. The number of hydrogen-bond donors (Lipinski definition) is 1. The fraction of sp³-hybridized carbons (Fsp3) is 0.143. The van der Waals surface area contributed by atoms with E-state index in [1.807, 2.05) is 0 Å². The van der Waals surface area contributed by atoms with Gasteiger partial charge in [0.2, 0.25) is 0 Å². The van der Waals surface area contributed by atoms with E-state index in [4.69, 9.17) is 5.73 Å². The standard InChI is InChI=1S/C7H8FNO2S/c1-5-3-2-4-6(9)7(5)12(8,10)11/h2-4H,9H2,1H3. The average molecular weight is 189 g/mol. The maximum atomic E-state index is 12.5. The van der Waals surface area contributed by atoms with Gasteiger partial charge in [0.1, 0.15) is 4.90 Å². The average Bonchev–Trinajstić information content (AvgIpc) is 1.82. The van der Waals surface area contributed by atoms with Crippen molar-refractivity contribution in [3.63, 3.8) is 0 Å². The molecule has 0 aromatic heterocycles. The van der Waals surface area contributed by atoms with E-state index in [2.05, 4.69) is 0 Å². The highest BCUT2D eigenvalue weighted by molar-refractivity contribution is 7.86. The molecule has 66 valence electrons. The van der Waals surface area contributed by atoms with Crippen LogP contribution in [0.1, 0.15) is 5.56 Å². The zero-order valence-corrected chi connectivity index (χ0v) is 7.23. The Morgan fingerprint density at radius 1 is 1.42 bits per heavy atom. The van der Waals surface area contributed by atoms with Crippen LogP contribution >= 0.6 is 0 Å². The van der Waals surface area contributed by atoms with Crippen LogP contribution in [0.4, 0.5) is 9.57 Å². The molecule has 0 aliphatic heterocycles. The summed E-state index contributed by atoms with van der Waals surface area (Å²) >= 11 is 0. The minimum absolute atomic E-state index is 0.0579. The Hall–Kier alpha value is -1.10. The van der Waals surface area contributed by atoms with Crippen molar-refractivity contribution in [2.24, 2.45) is 0 Å². The second-order valence-corrected chi connectivity index (χ2v) is 3.72. The van der Waals surface area contributed by atoms with Crippen LogP contribution < -0.4 is 5.73 Å². The summed E-state index contributed by atoms with van der Waals surface area (Å²) in [7, 11) is -4.69. The van der Waals surface area contributed by atoms with E-state index < -0.39 is 15.1 Å². The molecule has 12 heavy (non-hydrogen) atoms. The van der Waals surface area contributed by atoms with Crippen LogP contribution in [0.15, 0.2) is 23.1 Å². The SMILES string of the molecule is Cc1cccc(N)c1S(=O)(=O)F. The number of rotatable bonds is 1. The third-order valence-corrected chi connectivity index (χ3v) is 2.53. The Morgan fingerprint density at radius 3 is 2.33 bits per heavy atom. The minimum Gasteiger partial charge on any atom is -0.398 e. The molecule has 5 heteroatoms. The number of nitrogens with two attached hydrogens (primary N) is 1. The molecule has 0 amide bonds. The molecule has 1 aromatic carbocycles. The lowest BCUT2D eigenvalue weighted by molar-refractivity contribution is 0.552. The lowest BCUT2D eigenvalue weighted by Gasteiger charge is -2.02. The summed E-state index contributed by atoms with van der Waals surface area (Å²) in [6, 6.07) is 4.40. The lowest BCUT2D eigenvalue weighted by Crippen LogP contribution is -2.01. The molecule has 2 N–H and O–H groups in total. The van der Waals surface area contributed by atoms with Crippen molar-refractivity contribution in [2.45, 2.75) is 11.8 Å². The van der Waals surface area contributed by atoms with E-state index in [1.165, 1.54) is 19.1 Å². The van der Waals surface area contributed by atoms with E-state index >= 15 is 0 Å². The van der Waals surface area contributed by atoms with Crippen molar-refractivity contribution >= 4 is 15.9 Å². The minimum atomic E-state index is -4.69. The highest BCUT2D eigenvalue weighted by Gasteiger charge is 2.17. The Bertz CT molecular complexity index is 380. The van der Waals surface area contributed by atoms with Crippen LogP contribution in [-0.2, 0) is 10.2 Å². The van der Waals surface area contributed by atoms with E-state index in [0.29, 0.717) is 5.56 Å². The maximum absolute atomic E-state index is 12.5. The first-order valence-corrected chi connectivity index (χ1v) is 4.61. The zero-order chi connectivity index (χ0) is 9.35. The smallest absolute Gasteiger partial charge is 0.334 e. The molecule has 0 spiro atoms. The molecule has 1 aromatic rings. The van der Waals surface area contributed by atoms with Gasteiger partial charge in [-0.25, -0.2) is 0 Å². The van der Waals surface area contributed by atoms with Gasteiger partial charge in [0, 0.05) is 0 Å². The molecule has 0 bridgehead atoms. The molecule has 0 fully saturated rings. The summed E-state index contributed by atoms with van der Waals surface area (Å²) in [6.07, 6.45) is 0. The van der Waals surface area contributed by atoms with Crippen LogP contribution in [0.25, 0.3) is 0 Å². The van der Waals surface area contributed by atoms with Crippen molar-refractivity contribution in [1.82, 2.24) is 0 Å². The van der Waals surface area contributed by atoms with Gasteiger partial charge in [0.25, 0.3) is 0 Å². The molecular weight excluding hydrogens is 181 g/mol. The normalized spacial score (nSPS) is 11.5. The third-order valence-electron chi connectivity index (χ3n) is 1.49. The van der Waals surface area contributed by atoms with E-state index in [0.717, 1.165) is 0 Å². The van der Waals surface area contributed by atoms with Crippen molar-refractivity contribution in [1.29, 1.82) is 0 Å². The molecule has 0 heterocycles. The number of benzene rings is 1. The Morgan fingerprint density at radius 2 is 2.00 bits per heavy atom. The van der Waals surface area contributed by atoms with Crippen LogP contribution in [0.2, 0.25) is 0 Å². The lowest BCUT2D eigenvalue weighted by atomic mass is 10.2. The van der Waals surface area contributed by atoms with Gasteiger partial charge in [-0.2, -0.15) is 8.42 Å². The van der Waals surface area contributed by atoms with Crippen LogP contribution in [-0.4, -0.2) is 8.42 Å². The molecule has 0 saturated carbocycles. The fourth-order valence-corrected chi connectivity index (χ4v) is 1.81. The molecule has 1 rings (SSSR count). The van der Waals surface area contributed by atoms with Crippen molar-refractivity contribution in [2.75, 3.05) is 5.73 Å². The summed E-state index contributed by atoms with van der Waals surface area (Å²) in [5.41, 5.74) is 5.55. The van der Waals surface area contributed by atoms with Crippen molar-refractivity contribution in [3.05, 3.63) is 23.8 Å². The number of aryl methyl sites for hydroxylation is 1. The highest BCUT2D eigenvalue weighted by Crippen LogP contribution is 2.23. The van der Waals surface area contributed by atoms with Gasteiger partial charge in [-0.3, -0.25) is 0 Å². The first-order chi connectivity index (χ1) is 5.43. The number of halogens is 1. The molecule has 0 saturated heterocycles. The van der Waals surface area contributed by atoms with E-state index in [1.54, 1.807) is 6.07 Å². The summed E-state index contributed by atoms with van der Waals surface area (Å²) in [5.74, 6) is 0. The van der Waals surface area contributed by atoms with Gasteiger partial charge in [0.15, 0.2) is 0 Å². The summed E-state index contributed by atoms with van der Waals surface area (Å²) in [5, 5.41) is 0. The van der Waals surface area contributed by atoms with E-state index in [9.17, 15) is 12.3 Å². The molecule has 0 unspecified atom stereocenters. The van der Waals surface area contributed by atoms with Gasteiger partial charge in [-0.05, 0) is 18.6 Å². The van der Waals surface area contributed by atoms with Crippen LogP contribution in [0.5, 0.6) is 0 Å². The van der Waals surface area contributed by atoms with E-state index in [-0.39, 0.29) is 5.69 Å². The topological polar surface area (TPSA) is 60.2 Å². The second kappa shape index (κ2) is 2.75. The molecule has 0 aliphatic rings. The Balaban J connectivity index is 3.53. The van der Waals surface area contributed by atoms with Crippen molar-refractivity contribution in [3.8, 4) is 0 Å². The largest absolute Gasteiger partial charge is 0.398 e. The van der Waals surface area contributed by atoms with Crippen molar-refractivity contribution < 1.29 is 12.3 Å². The number of hydrogen-bond acceptors (Lipinski definition) is 3. The van der Waals surface area contributed by atoms with Gasteiger partial charge in [0.05, 0.1) is 5.69 Å². The fourth-order valence-electron chi connectivity index (χ4n) is 1.01. The number of nitrogen functional groups attached to an aromatic ring is 1. The Labute approximate surface area is 70.2 Å². The predicted molar refractivity (Wildman–Crippen MR) is 43.9 cm³/mol. The van der Waals surface area contributed by atoms with Crippen LogP contribution in [0.3, 0.4) is 0 Å². The zero-order valence-electron chi connectivity index (χ0n) is 6.41. The molecule has 0 atom stereocenters. The summed E-state index contributed by atoms with van der Waals surface area (Å²) < 4.78 is 33.6. The number of anilines is 1. The van der Waals surface area contributed by atoms with Gasteiger partial charge in [-0.15, -0.1) is 3.89 Å². The molecule has 3 nitrogen and oxygen atoms in total. The first-order valence-electron chi connectivity index (χ1n) is 3.22. The second-order valence-electron chi connectivity index (χ2n) is 2.43. The van der Waals surface area contributed by atoms with Crippen LogP contribution in [0, 0.1) is 6.92 Å². The molecule has 0 aliphatic carbocycles. The predicted octanol–water partition coefficient (Wildman–Crippen LogP) is 1.24. The molecular formula is C7H8FNO2S. The highest BCUT2D eigenvalue weighted by atomic mass is 32.3.